The Balaban J connectivity index is 2.76. The van der Waals surface area contributed by atoms with Crippen LogP contribution in [0.5, 0.6) is 5.75 Å². The monoisotopic (exact) mass is 244 g/mol. The summed E-state index contributed by atoms with van der Waals surface area (Å²) in [4.78, 5) is 11.1. The second-order valence-corrected chi connectivity index (χ2v) is 3.61. The normalized spacial score (nSPS) is 10.6. The molecule has 1 N–H and O–H groups in total. The standard InChI is InChI=1S/C14H16N2O2/c1-4-9-18-13-8-6-7-12(10-13)11(3)15-16-14(17)5-2/h1,6-8,10H,5,9H2,2-3H3,(H,16,17)/b15-11+. The topological polar surface area (TPSA) is 50.7 Å². The summed E-state index contributed by atoms with van der Waals surface area (Å²) in [6.45, 7) is 3.82. The number of ether oxygens (including phenoxy) is 1. The summed E-state index contributed by atoms with van der Waals surface area (Å²) in [7, 11) is 0. The average Bonchev–Trinajstić information content (AvgIpc) is 2.42. The lowest BCUT2D eigenvalue weighted by molar-refractivity contribution is -0.120. The molecule has 4 nitrogen and oxygen atoms in total. The zero-order valence-electron chi connectivity index (χ0n) is 10.6. The van der Waals surface area contributed by atoms with Crippen molar-refractivity contribution in [2.75, 3.05) is 6.61 Å². The maximum Gasteiger partial charge on any atom is 0.239 e. The van der Waals surface area contributed by atoms with Crippen molar-refractivity contribution in [3.63, 3.8) is 0 Å². The summed E-state index contributed by atoms with van der Waals surface area (Å²) in [5.41, 5.74) is 4.06. The molecule has 0 heterocycles. The first kappa shape index (κ1) is 13.8. The van der Waals surface area contributed by atoms with Gasteiger partial charge in [-0.25, -0.2) is 5.43 Å². The molecule has 0 atom stereocenters. The Morgan fingerprint density at radius 1 is 1.56 bits per heavy atom. The Morgan fingerprint density at radius 2 is 2.33 bits per heavy atom. The Morgan fingerprint density at radius 3 is 3.00 bits per heavy atom. The maximum absolute atomic E-state index is 11.1. The first-order chi connectivity index (χ1) is 8.67. The van der Waals surface area contributed by atoms with Gasteiger partial charge in [0, 0.05) is 12.0 Å². The highest BCUT2D eigenvalue weighted by Crippen LogP contribution is 2.13. The van der Waals surface area contributed by atoms with Crippen LogP contribution in [-0.2, 0) is 4.79 Å². The third-order valence-corrected chi connectivity index (χ3v) is 2.24. The van der Waals surface area contributed by atoms with Crippen LogP contribution in [0.25, 0.3) is 0 Å². The summed E-state index contributed by atoms with van der Waals surface area (Å²) in [5.74, 6) is 2.97. The predicted molar refractivity (Wildman–Crippen MR) is 71.4 cm³/mol. The molecule has 0 radical (unpaired) electrons. The lowest BCUT2D eigenvalue weighted by Crippen LogP contribution is -2.17. The van der Waals surface area contributed by atoms with Gasteiger partial charge in [-0.15, -0.1) is 6.42 Å². The van der Waals surface area contributed by atoms with Gasteiger partial charge in [0.1, 0.15) is 12.4 Å². The summed E-state index contributed by atoms with van der Waals surface area (Å²) in [6.07, 6.45) is 5.53. The number of hydrogen-bond donors (Lipinski definition) is 1. The van der Waals surface area contributed by atoms with Crippen molar-refractivity contribution in [3.8, 4) is 18.1 Å². The van der Waals surface area contributed by atoms with Crippen LogP contribution in [0.15, 0.2) is 29.4 Å². The predicted octanol–water partition coefficient (Wildman–Crippen LogP) is 1.95. The smallest absolute Gasteiger partial charge is 0.239 e. The van der Waals surface area contributed by atoms with E-state index in [9.17, 15) is 4.79 Å². The molecule has 0 fully saturated rings. The first-order valence-corrected chi connectivity index (χ1v) is 5.67. The summed E-state index contributed by atoms with van der Waals surface area (Å²) >= 11 is 0. The largest absolute Gasteiger partial charge is 0.481 e. The number of terminal acetylenes is 1. The molecule has 0 saturated heterocycles. The second-order valence-electron chi connectivity index (χ2n) is 3.61. The molecule has 0 aliphatic carbocycles. The van der Waals surface area contributed by atoms with E-state index in [1.807, 2.05) is 31.2 Å². The number of benzene rings is 1. The van der Waals surface area contributed by atoms with Gasteiger partial charge in [0.25, 0.3) is 0 Å². The molecule has 94 valence electrons. The highest BCUT2D eigenvalue weighted by atomic mass is 16.5. The van der Waals surface area contributed by atoms with Crippen molar-refractivity contribution in [1.29, 1.82) is 0 Å². The number of carbonyl (C=O) groups excluding carboxylic acids is 1. The zero-order valence-corrected chi connectivity index (χ0v) is 10.6. The number of amides is 1. The van der Waals surface area contributed by atoms with E-state index in [1.165, 1.54) is 0 Å². The molecule has 1 amide bonds. The fourth-order valence-electron chi connectivity index (χ4n) is 1.23. The number of nitrogens with zero attached hydrogens (tertiary/aromatic N) is 1. The van der Waals surface area contributed by atoms with Crippen LogP contribution in [0, 0.1) is 12.3 Å². The molecule has 0 bridgehead atoms. The van der Waals surface area contributed by atoms with Gasteiger partial charge in [0.15, 0.2) is 0 Å². The average molecular weight is 244 g/mol. The fourth-order valence-corrected chi connectivity index (χ4v) is 1.23. The van der Waals surface area contributed by atoms with Gasteiger partial charge in [-0.05, 0) is 19.1 Å². The summed E-state index contributed by atoms with van der Waals surface area (Å²) < 4.78 is 5.31. The van der Waals surface area contributed by atoms with E-state index in [0.717, 1.165) is 5.56 Å². The third kappa shape index (κ3) is 4.30. The van der Waals surface area contributed by atoms with Gasteiger partial charge < -0.3 is 4.74 Å². The van der Waals surface area contributed by atoms with Crippen LogP contribution in [-0.4, -0.2) is 18.2 Å². The summed E-state index contributed by atoms with van der Waals surface area (Å²) in [6, 6.07) is 7.38. The van der Waals surface area contributed by atoms with Gasteiger partial charge in [-0.3, -0.25) is 4.79 Å². The molecule has 0 saturated carbocycles. The zero-order chi connectivity index (χ0) is 13.4. The molecule has 18 heavy (non-hydrogen) atoms. The van der Waals surface area contributed by atoms with Gasteiger partial charge in [0.2, 0.25) is 5.91 Å². The number of hydrogen-bond acceptors (Lipinski definition) is 3. The van der Waals surface area contributed by atoms with Crippen LogP contribution in [0.2, 0.25) is 0 Å². The molecular weight excluding hydrogens is 228 g/mol. The van der Waals surface area contributed by atoms with Gasteiger partial charge in [-0.1, -0.05) is 25.0 Å². The number of nitrogens with one attached hydrogen (secondary N) is 1. The highest BCUT2D eigenvalue weighted by molar-refractivity contribution is 5.99. The number of rotatable bonds is 5. The first-order valence-electron chi connectivity index (χ1n) is 5.67. The van der Waals surface area contributed by atoms with Crippen molar-refractivity contribution in [3.05, 3.63) is 29.8 Å². The minimum Gasteiger partial charge on any atom is -0.481 e. The van der Waals surface area contributed by atoms with Crippen molar-refractivity contribution >= 4 is 11.6 Å². The molecule has 0 aliphatic heterocycles. The molecular formula is C14H16N2O2. The molecule has 1 rings (SSSR count). The van der Waals surface area contributed by atoms with E-state index in [1.54, 1.807) is 6.92 Å². The van der Waals surface area contributed by atoms with E-state index < -0.39 is 0 Å². The van der Waals surface area contributed by atoms with E-state index in [4.69, 9.17) is 11.2 Å². The van der Waals surface area contributed by atoms with E-state index in [0.29, 0.717) is 17.9 Å². The van der Waals surface area contributed by atoms with Crippen LogP contribution in [0.1, 0.15) is 25.8 Å². The molecule has 1 aromatic rings. The van der Waals surface area contributed by atoms with Crippen molar-refractivity contribution < 1.29 is 9.53 Å². The van der Waals surface area contributed by atoms with E-state index in [2.05, 4.69) is 16.4 Å². The maximum atomic E-state index is 11.1. The molecule has 0 aromatic heterocycles. The molecule has 0 spiro atoms. The molecule has 1 aromatic carbocycles. The Bertz CT molecular complexity index is 487. The van der Waals surface area contributed by atoms with Gasteiger partial charge in [-0.2, -0.15) is 5.10 Å². The SMILES string of the molecule is C#CCOc1cccc(/C(C)=N/NC(=O)CC)c1. The number of carbonyl (C=O) groups is 1. The Hall–Kier alpha value is -2.28. The van der Waals surface area contributed by atoms with Crippen LogP contribution < -0.4 is 10.2 Å². The lowest BCUT2D eigenvalue weighted by atomic mass is 10.1. The van der Waals surface area contributed by atoms with E-state index in [-0.39, 0.29) is 12.5 Å². The number of hydrazone groups is 1. The van der Waals surface area contributed by atoms with Crippen LogP contribution >= 0.6 is 0 Å². The van der Waals surface area contributed by atoms with E-state index >= 15 is 0 Å². The minimum atomic E-state index is -0.117. The van der Waals surface area contributed by atoms with Gasteiger partial charge in [0.05, 0.1) is 5.71 Å². The van der Waals surface area contributed by atoms with Crippen molar-refractivity contribution in [2.24, 2.45) is 5.10 Å². The van der Waals surface area contributed by atoms with Crippen molar-refractivity contribution in [2.45, 2.75) is 20.3 Å². The fraction of sp³-hybridized carbons (Fsp3) is 0.286. The molecule has 0 aliphatic rings. The summed E-state index contributed by atoms with van der Waals surface area (Å²) in [5, 5.41) is 4.01. The Labute approximate surface area is 107 Å². The highest BCUT2D eigenvalue weighted by Gasteiger charge is 2.01. The van der Waals surface area contributed by atoms with Crippen LogP contribution in [0.3, 0.4) is 0 Å². The third-order valence-electron chi connectivity index (χ3n) is 2.24. The van der Waals surface area contributed by atoms with Gasteiger partial charge >= 0.3 is 0 Å². The van der Waals surface area contributed by atoms with Crippen molar-refractivity contribution in [1.82, 2.24) is 5.43 Å². The van der Waals surface area contributed by atoms with Crippen LogP contribution in [0.4, 0.5) is 0 Å². The minimum absolute atomic E-state index is 0.117. The Kier molecular flexibility index (Phi) is 5.46. The molecule has 4 heteroatoms. The quantitative estimate of drug-likeness (QED) is 0.489. The lowest BCUT2D eigenvalue weighted by Gasteiger charge is -2.05. The second kappa shape index (κ2) is 7.13. The molecule has 0 unspecified atom stereocenters.